The van der Waals surface area contributed by atoms with Crippen LogP contribution in [0.3, 0.4) is 0 Å². The van der Waals surface area contributed by atoms with Crippen molar-refractivity contribution >= 4 is 23.5 Å². The van der Waals surface area contributed by atoms with Gasteiger partial charge in [0, 0.05) is 23.9 Å². The van der Waals surface area contributed by atoms with E-state index in [1.54, 1.807) is 47.5 Å². The summed E-state index contributed by atoms with van der Waals surface area (Å²) in [6, 6.07) is 9.58. The first kappa shape index (κ1) is 25.7. The molecule has 3 aromatic rings. The highest BCUT2D eigenvalue weighted by Gasteiger charge is 2.37. The van der Waals surface area contributed by atoms with Crippen molar-refractivity contribution in [1.29, 1.82) is 0 Å². The van der Waals surface area contributed by atoms with Crippen LogP contribution in [0.15, 0.2) is 54.4 Å². The molecule has 11 nitrogen and oxygen atoms in total. The standard InChI is InChI=1S/C28H28N8O3/c1-16-5-12-22(32-15-16)33-27(38)19-10-8-18(9-11-19)23-24(25(29)37)36(30)26(34-23)21-4-3-13-35(21)28(39)20(31-2)14-17-6-7-17/h5,8-12,14-15,17,21H,3-4,6-7,13,30H2,1H3,(H2,29,37)(H,32,33,38)/b20-14-/t21-/m0/s1. The molecule has 39 heavy (non-hydrogen) atoms. The number of nitrogen functional groups attached to an aromatic ring is 1. The molecule has 0 radical (unpaired) electrons. The molecule has 3 heterocycles. The number of nitrogens with two attached hydrogens (primary N) is 2. The number of primary amides is 1. The van der Waals surface area contributed by atoms with Crippen LogP contribution in [0.5, 0.6) is 0 Å². The maximum Gasteiger partial charge on any atom is 0.269 e. The van der Waals surface area contributed by atoms with Gasteiger partial charge in [-0.05, 0) is 62.3 Å². The molecule has 0 bridgehead atoms. The van der Waals surface area contributed by atoms with Gasteiger partial charge < -0.3 is 21.8 Å². The van der Waals surface area contributed by atoms with Crippen LogP contribution in [0, 0.1) is 19.4 Å². The Kier molecular flexibility index (Phi) is 6.85. The molecule has 1 saturated carbocycles. The van der Waals surface area contributed by atoms with E-state index in [0.717, 1.165) is 23.1 Å². The van der Waals surface area contributed by atoms with E-state index >= 15 is 0 Å². The molecule has 2 fully saturated rings. The zero-order valence-electron chi connectivity index (χ0n) is 21.4. The maximum absolute atomic E-state index is 13.2. The summed E-state index contributed by atoms with van der Waals surface area (Å²) in [5.74, 6) is 5.88. The van der Waals surface area contributed by atoms with E-state index in [2.05, 4.69) is 20.1 Å². The molecule has 5 rings (SSSR count). The number of benzene rings is 1. The van der Waals surface area contributed by atoms with Crippen molar-refractivity contribution in [2.45, 2.75) is 38.6 Å². The Morgan fingerprint density at radius 1 is 1.13 bits per heavy atom. The highest BCUT2D eigenvalue weighted by molar-refractivity contribution is 6.04. The summed E-state index contributed by atoms with van der Waals surface area (Å²) in [6.07, 6.45) is 6.66. The van der Waals surface area contributed by atoms with Gasteiger partial charge in [0.05, 0.1) is 12.6 Å². The van der Waals surface area contributed by atoms with Crippen molar-refractivity contribution in [2.75, 3.05) is 17.7 Å². The van der Waals surface area contributed by atoms with E-state index in [-0.39, 0.29) is 34.8 Å². The smallest absolute Gasteiger partial charge is 0.269 e. The molecule has 1 aromatic carbocycles. The van der Waals surface area contributed by atoms with Gasteiger partial charge in [-0.25, -0.2) is 19.5 Å². The fraction of sp³-hybridized carbons (Fsp3) is 0.286. The molecule has 5 N–H and O–H groups in total. The van der Waals surface area contributed by atoms with Gasteiger partial charge in [-0.1, -0.05) is 24.3 Å². The number of allylic oxidation sites excluding steroid dienone is 1. The topological polar surface area (TPSA) is 154 Å². The molecule has 198 valence electrons. The molecular weight excluding hydrogens is 496 g/mol. The maximum atomic E-state index is 13.2. The van der Waals surface area contributed by atoms with Crippen LogP contribution in [-0.2, 0) is 4.79 Å². The Labute approximate surface area is 225 Å². The number of aryl methyl sites for hydroxylation is 1. The Bertz CT molecular complexity index is 1510. The van der Waals surface area contributed by atoms with Crippen LogP contribution >= 0.6 is 0 Å². The second-order valence-corrected chi connectivity index (χ2v) is 9.81. The van der Waals surface area contributed by atoms with E-state index < -0.39 is 11.9 Å². The highest BCUT2D eigenvalue weighted by atomic mass is 16.2. The van der Waals surface area contributed by atoms with Gasteiger partial charge >= 0.3 is 0 Å². The van der Waals surface area contributed by atoms with Gasteiger partial charge in [0.2, 0.25) is 5.70 Å². The Morgan fingerprint density at radius 3 is 2.49 bits per heavy atom. The first-order valence-electron chi connectivity index (χ1n) is 12.7. The van der Waals surface area contributed by atoms with Crippen LogP contribution in [0.25, 0.3) is 16.1 Å². The lowest BCUT2D eigenvalue weighted by atomic mass is 10.1. The SMILES string of the molecule is [C-]#[N+]/C(=C\C1CC1)C(=O)N1CCC[C@H]1c1nc(-c2ccc(C(=O)Nc3ccc(C)cn3)cc2)c(C(N)=O)n1N. The fourth-order valence-corrected chi connectivity index (χ4v) is 4.70. The molecule has 2 aromatic heterocycles. The van der Waals surface area contributed by atoms with Crippen molar-refractivity contribution in [2.24, 2.45) is 11.7 Å². The molecule has 0 spiro atoms. The number of likely N-dealkylation sites (tertiary alicyclic amines) is 1. The quantitative estimate of drug-likeness (QED) is 0.245. The van der Waals surface area contributed by atoms with Crippen LogP contribution in [0.1, 0.15) is 64.0 Å². The summed E-state index contributed by atoms with van der Waals surface area (Å²) >= 11 is 0. The number of imidazole rings is 1. The summed E-state index contributed by atoms with van der Waals surface area (Å²) < 4.78 is 1.14. The molecule has 1 atom stereocenters. The number of nitrogens with one attached hydrogen (secondary N) is 1. The van der Waals surface area contributed by atoms with Crippen molar-refractivity contribution in [1.82, 2.24) is 19.5 Å². The lowest BCUT2D eigenvalue weighted by molar-refractivity contribution is -0.127. The second-order valence-electron chi connectivity index (χ2n) is 9.81. The average Bonchev–Trinajstić information content (AvgIpc) is 3.50. The molecule has 3 amide bonds. The van der Waals surface area contributed by atoms with Crippen LogP contribution in [0.4, 0.5) is 5.82 Å². The zero-order valence-corrected chi connectivity index (χ0v) is 21.4. The van der Waals surface area contributed by atoms with Gasteiger partial charge in [0.1, 0.15) is 11.5 Å². The van der Waals surface area contributed by atoms with Crippen molar-refractivity contribution in [3.63, 3.8) is 0 Å². The molecule has 2 aliphatic rings. The predicted octanol–water partition coefficient (Wildman–Crippen LogP) is 3.20. The number of hydrogen-bond acceptors (Lipinski definition) is 6. The summed E-state index contributed by atoms with van der Waals surface area (Å²) in [5.41, 5.74) is 7.93. The number of anilines is 1. The number of aromatic nitrogens is 3. The van der Waals surface area contributed by atoms with Gasteiger partial charge in [-0.2, -0.15) is 0 Å². The monoisotopic (exact) mass is 524 g/mol. The van der Waals surface area contributed by atoms with E-state index in [4.69, 9.17) is 18.1 Å². The molecule has 1 saturated heterocycles. The molecule has 0 unspecified atom stereocenters. The van der Waals surface area contributed by atoms with Gasteiger partial charge in [-0.15, -0.1) is 0 Å². The van der Waals surface area contributed by atoms with E-state index in [0.29, 0.717) is 42.2 Å². The second kappa shape index (κ2) is 10.4. The summed E-state index contributed by atoms with van der Waals surface area (Å²) in [5, 5.41) is 2.74. The Hall–Kier alpha value is -4.98. The third kappa shape index (κ3) is 5.22. The minimum Gasteiger partial charge on any atom is -0.364 e. The molecular formula is C28H28N8O3. The third-order valence-corrected chi connectivity index (χ3v) is 6.91. The number of rotatable bonds is 7. The Morgan fingerprint density at radius 2 is 1.87 bits per heavy atom. The minimum absolute atomic E-state index is 0.00993. The van der Waals surface area contributed by atoms with Crippen molar-refractivity contribution < 1.29 is 14.4 Å². The first-order valence-corrected chi connectivity index (χ1v) is 12.7. The number of pyridine rings is 1. The summed E-state index contributed by atoms with van der Waals surface area (Å²) in [7, 11) is 0. The van der Waals surface area contributed by atoms with Gasteiger partial charge in [0.15, 0.2) is 11.5 Å². The minimum atomic E-state index is -0.773. The number of amides is 3. The van der Waals surface area contributed by atoms with Crippen LogP contribution < -0.4 is 16.9 Å². The Balaban J connectivity index is 1.42. The lowest BCUT2D eigenvalue weighted by Gasteiger charge is -2.24. The molecule has 1 aliphatic carbocycles. The van der Waals surface area contributed by atoms with Crippen LogP contribution in [-0.4, -0.2) is 43.8 Å². The van der Waals surface area contributed by atoms with Crippen molar-refractivity contribution in [3.8, 4) is 11.3 Å². The number of carbonyl (C=O) groups excluding carboxylic acids is 3. The van der Waals surface area contributed by atoms with Gasteiger partial charge in [-0.3, -0.25) is 14.4 Å². The number of hydrogen-bond donors (Lipinski definition) is 3. The van der Waals surface area contributed by atoms with Crippen LogP contribution in [0.2, 0.25) is 0 Å². The zero-order chi connectivity index (χ0) is 27.7. The number of nitrogens with zero attached hydrogens (tertiary/aromatic N) is 5. The van der Waals surface area contributed by atoms with E-state index in [1.807, 2.05) is 13.0 Å². The number of carbonyl (C=O) groups is 3. The fourth-order valence-electron chi connectivity index (χ4n) is 4.70. The normalized spacial score (nSPS) is 17.1. The van der Waals surface area contributed by atoms with E-state index in [1.165, 1.54) is 0 Å². The molecule has 1 aliphatic heterocycles. The predicted molar refractivity (Wildman–Crippen MR) is 144 cm³/mol. The van der Waals surface area contributed by atoms with Gasteiger partial charge in [0.25, 0.3) is 17.7 Å². The van der Waals surface area contributed by atoms with Crippen molar-refractivity contribution in [3.05, 3.63) is 88.4 Å². The highest BCUT2D eigenvalue weighted by Crippen LogP contribution is 2.37. The first-order chi connectivity index (χ1) is 18.8. The largest absolute Gasteiger partial charge is 0.364 e. The lowest BCUT2D eigenvalue weighted by Crippen LogP contribution is -2.34. The van der Waals surface area contributed by atoms with E-state index in [9.17, 15) is 14.4 Å². The third-order valence-electron chi connectivity index (χ3n) is 6.91. The summed E-state index contributed by atoms with van der Waals surface area (Å²) in [4.78, 5) is 52.2. The summed E-state index contributed by atoms with van der Waals surface area (Å²) in [6.45, 7) is 9.84. The average molecular weight is 525 g/mol. The molecule has 11 heteroatoms.